The molecule has 1 aliphatic heterocycles. The Morgan fingerprint density at radius 3 is 2.29 bits per heavy atom. The number of likely N-dealkylation sites (tertiary alicyclic amines) is 1. The van der Waals surface area contributed by atoms with Gasteiger partial charge in [-0.3, -0.25) is 9.59 Å². The first kappa shape index (κ1) is 23.4. The molecule has 5 rings (SSSR count). The van der Waals surface area contributed by atoms with Gasteiger partial charge in [0, 0.05) is 24.9 Å². The highest BCUT2D eigenvalue weighted by atomic mass is 16.5. The van der Waals surface area contributed by atoms with E-state index in [1.165, 1.54) is 11.1 Å². The molecule has 2 N–H and O–H groups in total. The number of alkyl carbamates (subject to hydrolysis) is 1. The molecule has 184 valence electrons. The van der Waals surface area contributed by atoms with Gasteiger partial charge in [-0.2, -0.15) is 0 Å². The van der Waals surface area contributed by atoms with E-state index >= 15 is 0 Å². The predicted molar refractivity (Wildman–Crippen MR) is 131 cm³/mol. The Balaban J connectivity index is 1.27. The minimum absolute atomic E-state index is 0.0241. The number of aliphatic carboxylic acids is 1. The molecule has 2 unspecified atom stereocenters. The lowest BCUT2D eigenvalue weighted by molar-refractivity contribution is -0.150. The van der Waals surface area contributed by atoms with Crippen LogP contribution < -0.4 is 5.32 Å². The van der Waals surface area contributed by atoms with Crippen molar-refractivity contribution < 1.29 is 24.2 Å². The Kier molecular flexibility index (Phi) is 6.26. The molecule has 7 nitrogen and oxygen atoms in total. The molecule has 2 aliphatic carbocycles. The summed E-state index contributed by atoms with van der Waals surface area (Å²) in [5.74, 6) is -0.724. The largest absolute Gasteiger partial charge is 0.481 e. The molecule has 1 saturated heterocycles. The summed E-state index contributed by atoms with van der Waals surface area (Å²) in [7, 11) is 0. The van der Waals surface area contributed by atoms with E-state index in [0.29, 0.717) is 31.8 Å². The van der Waals surface area contributed by atoms with Crippen molar-refractivity contribution in [2.45, 2.75) is 50.5 Å². The first-order valence-corrected chi connectivity index (χ1v) is 12.5. The fraction of sp³-hybridized carbons (Fsp3) is 0.464. The Morgan fingerprint density at radius 1 is 1.06 bits per heavy atom. The zero-order valence-electron chi connectivity index (χ0n) is 20.0. The third kappa shape index (κ3) is 4.51. The summed E-state index contributed by atoms with van der Waals surface area (Å²) in [4.78, 5) is 39.3. The van der Waals surface area contributed by atoms with Crippen LogP contribution in [0.3, 0.4) is 0 Å². The number of rotatable bonds is 6. The summed E-state index contributed by atoms with van der Waals surface area (Å²) in [6.07, 6.45) is 2.49. The third-order valence-electron chi connectivity index (χ3n) is 7.80. The fourth-order valence-corrected chi connectivity index (χ4v) is 6.16. The van der Waals surface area contributed by atoms with Crippen LogP contribution in [-0.4, -0.2) is 53.2 Å². The standard InChI is InChI=1S/C28H32N2O5/c1-18-7-6-12-28(14-18,26(33)30-15-19(16-30)13-25(31)32)29-27(34)35-17-24-22-10-4-2-8-20(22)21-9-3-5-11-23(21)24/h2-5,8-11,18-19,24H,6-7,12-17H2,1H3,(H,29,34)(H,31,32). The van der Waals surface area contributed by atoms with Gasteiger partial charge in [0.15, 0.2) is 0 Å². The summed E-state index contributed by atoms with van der Waals surface area (Å²) in [5, 5.41) is 12.0. The highest BCUT2D eigenvalue weighted by molar-refractivity contribution is 5.91. The number of benzene rings is 2. The van der Waals surface area contributed by atoms with Crippen molar-refractivity contribution in [2.75, 3.05) is 19.7 Å². The summed E-state index contributed by atoms with van der Waals surface area (Å²) >= 11 is 0. The van der Waals surface area contributed by atoms with Gasteiger partial charge in [-0.25, -0.2) is 4.79 Å². The van der Waals surface area contributed by atoms with Crippen molar-refractivity contribution in [1.82, 2.24) is 10.2 Å². The SMILES string of the molecule is CC1CCCC(NC(=O)OCC2c3ccccc3-c3ccccc32)(C(=O)N2CC(CC(=O)O)C2)C1. The van der Waals surface area contributed by atoms with Gasteiger partial charge in [0.1, 0.15) is 12.1 Å². The minimum atomic E-state index is -0.992. The molecule has 1 heterocycles. The average molecular weight is 477 g/mol. The lowest BCUT2D eigenvalue weighted by Gasteiger charge is -2.47. The summed E-state index contributed by atoms with van der Waals surface area (Å²) < 4.78 is 5.76. The molecule has 2 aromatic carbocycles. The maximum absolute atomic E-state index is 13.5. The Hall–Kier alpha value is -3.35. The van der Waals surface area contributed by atoms with E-state index in [2.05, 4.69) is 36.5 Å². The van der Waals surface area contributed by atoms with Gasteiger partial charge in [0.05, 0.1) is 6.42 Å². The summed E-state index contributed by atoms with van der Waals surface area (Å²) in [5.41, 5.74) is 3.62. The number of carbonyl (C=O) groups is 3. The van der Waals surface area contributed by atoms with Crippen molar-refractivity contribution in [1.29, 1.82) is 0 Å². The second kappa shape index (κ2) is 9.36. The number of amides is 2. The van der Waals surface area contributed by atoms with Crippen LogP contribution in [0.5, 0.6) is 0 Å². The Morgan fingerprint density at radius 2 is 1.69 bits per heavy atom. The lowest BCUT2D eigenvalue weighted by Crippen LogP contribution is -2.65. The van der Waals surface area contributed by atoms with E-state index in [1.54, 1.807) is 4.90 Å². The van der Waals surface area contributed by atoms with Crippen LogP contribution in [0.4, 0.5) is 4.79 Å². The van der Waals surface area contributed by atoms with Gasteiger partial charge in [0.25, 0.3) is 0 Å². The highest BCUT2D eigenvalue weighted by Gasteiger charge is 2.48. The van der Waals surface area contributed by atoms with Crippen molar-refractivity contribution >= 4 is 18.0 Å². The van der Waals surface area contributed by atoms with Gasteiger partial charge in [-0.15, -0.1) is 0 Å². The minimum Gasteiger partial charge on any atom is -0.481 e. The van der Waals surface area contributed by atoms with Crippen molar-refractivity contribution in [3.63, 3.8) is 0 Å². The van der Waals surface area contributed by atoms with Crippen LogP contribution in [0.25, 0.3) is 11.1 Å². The normalized spacial score (nSPS) is 23.7. The van der Waals surface area contributed by atoms with Crippen LogP contribution in [0.1, 0.15) is 56.1 Å². The number of nitrogens with one attached hydrogen (secondary N) is 1. The lowest BCUT2D eigenvalue weighted by atomic mass is 9.74. The Labute approximate surface area is 205 Å². The third-order valence-corrected chi connectivity index (χ3v) is 7.80. The Bertz CT molecular complexity index is 1100. The highest BCUT2D eigenvalue weighted by Crippen LogP contribution is 2.44. The predicted octanol–water partition coefficient (Wildman–Crippen LogP) is 4.41. The van der Waals surface area contributed by atoms with Gasteiger partial charge in [0.2, 0.25) is 5.91 Å². The molecule has 2 amide bonds. The van der Waals surface area contributed by atoms with E-state index in [1.807, 2.05) is 24.3 Å². The number of carboxylic acids is 1. The molecule has 2 atom stereocenters. The molecule has 0 bridgehead atoms. The quantitative estimate of drug-likeness (QED) is 0.644. The van der Waals surface area contributed by atoms with Crippen LogP contribution >= 0.6 is 0 Å². The maximum Gasteiger partial charge on any atom is 0.408 e. The van der Waals surface area contributed by atoms with Crippen LogP contribution in [0, 0.1) is 11.8 Å². The van der Waals surface area contributed by atoms with Crippen LogP contribution in [0.15, 0.2) is 48.5 Å². The molecule has 3 aliphatic rings. The molecular formula is C28H32N2O5. The molecule has 1 saturated carbocycles. The zero-order chi connectivity index (χ0) is 24.6. The van der Waals surface area contributed by atoms with E-state index in [9.17, 15) is 14.4 Å². The average Bonchev–Trinajstić information content (AvgIpc) is 3.13. The van der Waals surface area contributed by atoms with Gasteiger partial charge in [-0.05, 0) is 41.0 Å². The second-order valence-corrected chi connectivity index (χ2v) is 10.4. The topological polar surface area (TPSA) is 95.9 Å². The first-order valence-electron chi connectivity index (χ1n) is 12.5. The first-order chi connectivity index (χ1) is 16.9. The summed E-state index contributed by atoms with van der Waals surface area (Å²) in [6, 6.07) is 16.4. The number of hydrogen-bond donors (Lipinski definition) is 2. The molecule has 0 spiro atoms. The second-order valence-electron chi connectivity index (χ2n) is 10.4. The molecule has 2 fully saturated rings. The monoisotopic (exact) mass is 476 g/mol. The molecule has 7 heteroatoms. The maximum atomic E-state index is 13.5. The number of fused-ring (bicyclic) bond motifs is 3. The number of nitrogens with zero attached hydrogens (tertiary/aromatic N) is 1. The molecule has 35 heavy (non-hydrogen) atoms. The number of hydrogen-bond acceptors (Lipinski definition) is 4. The number of carbonyl (C=O) groups excluding carboxylic acids is 2. The summed E-state index contributed by atoms with van der Waals surface area (Å²) in [6.45, 7) is 3.15. The smallest absolute Gasteiger partial charge is 0.408 e. The van der Waals surface area contributed by atoms with Gasteiger partial charge in [-0.1, -0.05) is 68.3 Å². The van der Waals surface area contributed by atoms with E-state index in [-0.39, 0.29) is 30.8 Å². The van der Waals surface area contributed by atoms with E-state index in [0.717, 1.165) is 24.0 Å². The van der Waals surface area contributed by atoms with Gasteiger partial charge < -0.3 is 20.1 Å². The van der Waals surface area contributed by atoms with Crippen molar-refractivity contribution in [3.05, 3.63) is 59.7 Å². The van der Waals surface area contributed by atoms with Gasteiger partial charge >= 0.3 is 12.1 Å². The fourth-order valence-electron chi connectivity index (χ4n) is 6.16. The molecule has 0 aromatic heterocycles. The number of ether oxygens (including phenoxy) is 1. The van der Waals surface area contributed by atoms with Crippen LogP contribution in [-0.2, 0) is 14.3 Å². The van der Waals surface area contributed by atoms with E-state index in [4.69, 9.17) is 9.84 Å². The van der Waals surface area contributed by atoms with Crippen molar-refractivity contribution in [3.8, 4) is 11.1 Å². The van der Waals surface area contributed by atoms with Crippen LogP contribution in [0.2, 0.25) is 0 Å². The van der Waals surface area contributed by atoms with Crippen molar-refractivity contribution in [2.24, 2.45) is 11.8 Å². The molecule has 2 aromatic rings. The number of carboxylic acid groups (broad SMARTS) is 1. The van der Waals surface area contributed by atoms with E-state index < -0.39 is 17.6 Å². The zero-order valence-corrected chi connectivity index (χ0v) is 20.0. The molecule has 0 radical (unpaired) electrons. The molecular weight excluding hydrogens is 444 g/mol.